The van der Waals surface area contributed by atoms with Crippen molar-refractivity contribution >= 4 is 29.3 Å². The van der Waals surface area contributed by atoms with E-state index in [0.717, 1.165) is 27.1 Å². The number of benzene rings is 3. The summed E-state index contributed by atoms with van der Waals surface area (Å²) in [7, 11) is 0. The van der Waals surface area contributed by atoms with Crippen LogP contribution in [0.2, 0.25) is 0 Å². The Morgan fingerprint density at radius 3 is 2.31 bits per heavy atom. The molecule has 1 heterocycles. The van der Waals surface area contributed by atoms with E-state index in [2.05, 4.69) is 5.43 Å². The number of amides is 4. The highest BCUT2D eigenvalue weighted by Crippen LogP contribution is 2.28. The average Bonchev–Trinajstić information content (AvgIpc) is 3.10. The average molecular weight is 474 g/mol. The van der Waals surface area contributed by atoms with Crippen molar-refractivity contribution in [2.45, 2.75) is 32.7 Å². The molecule has 0 bridgehead atoms. The molecule has 1 atom stereocenters. The van der Waals surface area contributed by atoms with Crippen LogP contribution in [0.5, 0.6) is 0 Å². The zero-order valence-electron chi connectivity index (χ0n) is 19.3. The van der Waals surface area contributed by atoms with Gasteiger partial charge in [0.25, 0.3) is 11.8 Å². The third-order valence-corrected chi connectivity index (χ3v) is 5.64. The van der Waals surface area contributed by atoms with Gasteiger partial charge in [0.2, 0.25) is 11.8 Å². The van der Waals surface area contributed by atoms with Gasteiger partial charge in [-0.2, -0.15) is 0 Å². The number of anilines is 1. The van der Waals surface area contributed by atoms with E-state index in [1.54, 1.807) is 36.4 Å². The Kier molecular flexibility index (Phi) is 6.73. The minimum absolute atomic E-state index is 0.0522. The Bertz CT molecular complexity index is 1290. The van der Waals surface area contributed by atoms with Crippen molar-refractivity contribution < 1.29 is 23.6 Å². The smallest absolute Gasteiger partial charge is 0.273 e. The number of aryl methyl sites for hydroxylation is 2. The molecule has 35 heavy (non-hydrogen) atoms. The van der Waals surface area contributed by atoms with E-state index in [1.165, 1.54) is 18.2 Å². The molecule has 3 aromatic carbocycles. The molecule has 8 heteroatoms. The molecule has 0 aliphatic carbocycles. The molecule has 1 saturated heterocycles. The molecule has 4 rings (SSSR count). The SMILES string of the molecule is Cc1cc(C)cc(N2C(=O)CC(N(NC(=O)Cc3ccccc3)C(=O)c3cccc(F)c3)C2=O)c1. The molecule has 4 amide bonds. The molecule has 178 valence electrons. The molecule has 0 spiro atoms. The Hall–Kier alpha value is -4.33. The molecule has 1 unspecified atom stereocenters. The number of rotatable bonds is 5. The van der Waals surface area contributed by atoms with E-state index in [9.17, 15) is 23.6 Å². The van der Waals surface area contributed by atoms with E-state index in [1.807, 2.05) is 26.0 Å². The molecular weight excluding hydrogens is 449 g/mol. The lowest BCUT2D eigenvalue weighted by molar-refractivity contribution is -0.128. The summed E-state index contributed by atoms with van der Waals surface area (Å²) in [4.78, 5) is 53.5. The zero-order chi connectivity index (χ0) is 25.1. The van der Waals surface area contributed by atoms with Crippen LogP contribution in [0.4, 0.5) is 10.1 Å². The van der Waals surface area contributed by atoms with E-state index in [-0.39, 0.29) is 18.4 Å². The maximum absolute atomic E-state index is 13.8. The Labute approximate surface area is 202 Å². The normalized spacial score (nSPS) is 15.3. The fourth-order valence-electron chi connectivity index (χ4n) is 4.15. The molecule has 1 aliphatic rings. The summed E-state index contributed by atoms with van der Waals surface area (Å²) in [5.41, 5.74) is 5.27. The second kappa shape index (κ2) is 9.89. The van der Waals surface area contributed by atoms with Gasteiger partial charge in [-0.3, -0.25) is 24.6 Å². The van der Waals surface area contributed by atoms with Crippen molar-refractivity contribution in [2.75, 3.05) is 4.90 Å². The van der Waals surface area contributed by atoms with Crippen molar-refractivity contribution in [3.8, 4) is 0 Å². The van der Waals surface area contributed by atoms with Crippen molar-refractivity contribution in [1.29, 1.82) is 0 Å². The second-order valence-corrected chi connectivity index (χ2v) is 8.52. The molecule has 1 aliphatic heterocycles. The first-order valence-electron chi connectivity index (χ1n) is 11.1. The van der Waals surface area contributed by atoms with Crippen LogP contribution in [0.1, 0.15) is 33.5 Å². The second-order valence-electron chi connectivity index (χ2n) is 8.52. The van der Waals surface area contributed by atoms with Gasteiger partial charge in [0, 0.05) is 5.56 Å². The van der Waals surface area contributed by atoms with Crippen LogP contribution in [-0.4, -0.2) is 34.7 Å². The van der Waals surface area contributed by atoms with E-state index in [0.29, 0.717) is 11.3 Å². The predicted molar refractivity (Wildman–Crippen MR) is 128 cm³/mol. The number of carbonyl (C=O) groups is 4. The lowest BCUT2D eigenvalue weighted by Gasteiger charge is -2.28. The van der Waals surface area contributed by atoms with Crippen LogP contribution in [0.15, 0.2) is 72.8 Å². The number of nitrogens with zero attached hydrogens (tertiary/aromatic N) is 2. The topological polar surface area (TPSA) is 86.8 Å². The molecular formula is C27H24FN3O4. The van der Waals surface area contributed by atoms with Crippen LogP contribution in [0.3, 0.4) is 0 Å². The van der Waals surface area contributed by atoms with Crippen LogP contribution in [-0.2, 0) is 20.8 Å². The van der Waals surface area contributed by atoms with Gasteiger partial charge >= 0.3 is 0 Å². The van der Waals surface area contributed by atoms with Gasteiger partial charge in [-0.25, -0.2) is 14.3 Å². The summed E-state index contributed by atoms with van der Waals surface area (Å²) in [6.45, 7) is 3.70. The van der Waals surface area contributed by atoms with E-state index >= 15 is 0 Å². The molecule has 1 fully saturated rings. The number of hydrazine groups is 1. The maximum Gasteiger partial charge on any atom is 0.273 e. The standard InChI is InChI=1S/C27H24FN3O4/c1-17-11-18(2)13-22(12-17)30-25(33)16-23(27(30)35)31(26(34)20-9-6-10-21(28)15-20)29-24(32)14-19-7-4-3-5-8-19/h3-13,15,23H,14,16H2,1-2H3,(H,29,32). The van der Waals surface area contributed by atoms with Crippen LogP contribution in [0, 0.1) is 19.7 Å². The number of hydrogen-bond donors (Lipinski definition) is 1. The van der Waals surface area contributed by atoms with Crippen LogP contribution < -0.4 is 10.3 Å². The van der Waals surface area contributed by atoms with Gasteiger partial charge in [-0.15, -0.1) is 0 Å². The monoisotopic (exact) mass is 473 g/mol. The summed E-state index contributed by atoms with van der Waals surface area (Å²) in [6.07, 6.45) is -0.373. The highest BCUT2D eigenvalue weighted by atomic mass is 19.1. The first-order valence-corrected chi connectivity index (χ1v) is 11.1. The predicted octanol–water partition coefficient (Wildman–Crippen LogP) is 3.49. The highest BCUT2D eigenvalue weighted by molar-refractivity contribution is 6.23. The number of halogens is 1. The fraction of sp³-hybridized carbons (Fsp3) is 0.185. The third kappa shape index (κ3) is 5.27. The quantitative estimate of drug-likeness (QED) is 0.454. The van der Waals surface area contributed by atoms with E-state index < -0.39 is 35.5 Å². The van der Waals surface area contributed by atoms with E-state index in [4.69, 9.17) is 0 Å². The lowest BCUT2D eigenvalue weighted by Crippen LogP contribution is -2.55. The van der Waals surface area contributed by atoms with Crippen molar-refractivity contribution in [3.05, 3.63) is 101 Å². The first-order chi connectivity index (χ1) is 16.7. The summed E-state index contributed by atoms with van der Waals surface area (Å²) in [5, 5.41) is 0.850. The summed E-state index contributed by atoms with van der Waals surface area (Å²) < 4.78 is 13.8. The largest absolute Gasteiger partial charge is 0.274 e. The molecule has 0 saturated carbocycles. The molecule has 1 N–H and O–H groups in total. The van der Waals surface area contributed by atoms with Gasteiger partial charge in [0.05, 0.1) is 18.5 Å². The molecule has 0 aromatic heterocycles. The molecule has 7 nitrogen and oxygen atoms in total. The van der Waals surface area contributed by atoms with Crippen LogP contribution >= 0.6 is 0 Å². The minimum Gasteiger partial charge on any atom is -0.274 e. The summed E-state index contributed by atoms with van der Waals surface area (Å²) in [5.74, 6) is -3.13. The Morgan fingerprint density at radius 1 is 0.971 bits per heavy atom. The lowest BCUT2D eigenvalue weighted by atomic mass is 10.1. The number of nitrogens with one attached hydrogen (secondary N) is 1. The Balaban J connectivity index is 1.65. The van der Waals surface area contributed by atoms with Gasteiger partial charge in [-0.1, -0.05) is 42.5 Å². The van der Waals surface area contributed by atoms with Gasteiger partial charge in [0.1, 0.15) is 11.9 Å². The molecule has 0 radical (unpaired) electrons. The maximum atomic E-state index is 13.8. The van der Waals surface area contributed by atoms with Gasteiger partial charge < -0.3 is 0 Å². The van der Waals surface area contributed by atoms with Crippen molar-refractivity contribution in [2.24, 2.45) is 0 Å². The van der Waals surface area contributed by atoms with Crippen LogP contribution in [0.25, 0.3) is 0 Å². The van der Waals surface area contributed by atoms with Crippen molar-refractivity contribution in [3.63, 3.8) is 0 Å². The molecule has 3 aromatic rings. The zero-order valence-corrected chi connectivity index (χ0v) is 19.3. The van der Waals surface area contributed by atoms with Gasteiger partial charge in [0.15, 0.2) is 0 Å². The first kappa shape index (κ1) is 23.8. The number of hydrogen-bond acceptors (Lipinski definition) is 4. The highest BCUT2D eigenvalue weighted by Gasteiger charge is 2.45. The fourth-order valence-corrected chi connectivity index (χ4v) is 4.15. The number of carbonyl (C=O) groups excluding carboxylic acids is 4. The van der Waals surface area contributed by atoms with Crippen molar-refractivity contribution in [1.82, 2.24) is 10.4 Å². The number of imide groups is 1. The summed E-state index contributed by atoms with van der Waals surface area (Å²) >= 11 is 0. The third-order valence-electron chi connectivity index (χ3n) is 5.64. The minimum atomic E-state index is -1.28. The Morgan fingerprint density at radius 2 is 1.66 bits per heavy atom. The van der Waals surface area contributed by atoms with Gasteiger partial charge in [-0.05, 0) is 60.9 Å². The summed E-state index contributed by atoms with van der Waals surface area (Å²) in [6, 6.07) is 17.9.